The van der Waals surface area contributed by atoms with E-state index in [0.717, 1.165) is 4.90 Å². The topological polar surface area (TPSA) is 86.7 Å². The van der Waals surface area contributed by atoms with Gasteiger partial charge in [-0.2, -0.15) is 0 Å². The van der Waals surface area contributed by atoms with Crippen LogP contribution < -0.4 is 5.32 Å². The molecule has 0 aliphatic carbocycles. The Morgan fingerprint density at radius 2 is 2.00 bits per heavy atom. The van der Waals surface area contributed by atoms with Gasteiger partial charge in [-0.15, -0.1) is 11.8 Å². The average molecular weight is 294 g/mol. The molecule has 1 aliphatic heterocycles. The zero-order valence-electron chi connectivity index (χ0n) is 10.7. The lowest BCUT2D eigenvalue weighted by Gasteiger charge is -2.11. The molecular formula is C13H14N2O4S. The molecule has 0 spiro atoms. The van der Waals surface area contributed by atoms with Gasteiger partial charge < -0.3 is 10.4 Å². The van der Waals surface area contributed by atoms with E-state index >= 15 is 0 Å². The predicted octanol–water partition coefficient (Wildman–Crippen LogP) is 0.958. The van der Waals surface area contributed by atoms with Crippen molar-refractivity contribution >= 4 is 29.7 Å². The molecule has 1 aliphatic rings. The van der Waals surface area contributed by atoms with E-state index in [0.29, 0.717) is 18.7 Å². The number of thioether (sulfide) groups is 1. The zero-order chi connectivity index (χ0) is 14.5. The van der Waals surface area contributed by atoms with Crippen LogP contribution in [0, 0.1) is 0 Å². The second kappa shape index (κ2) is 6.42. The SMILES string of the molecule is O=C(O)Cc1ccc(SCC(=O)N2CCNC2=O)cc1. The van der Waals surface area contributed by atoms with E-state index in [1.807, 2.05) is 0 Å². The van der Waals surface area contributed by atoms with Crippen molar-refractivity contribution in [3.05, 3.63) is 29.8 Å². The molecule has 7 heteroatoms. The number of hydrogen-bond donors (Lipinski definition) is 2. The van der Waals surface area contributed by atoms with Crippen LogP contribution in [-0.2, 0) is 16.0 Å². The molecule has 1 aromatic carbocycles. The van der Waals surface area contributed by atoms with Gasteiger partial charge in [0, 0.05) is 18.0 Å². The van der Waals surface area contributed by atoms with E-state index in [-0.39, 0.29) is 24.1 Å². The number of carboxylic acid groups (broad SMARTS) is 1. The number of urea groups is 1. The molecule has 2 rings (SSSR count). The number of benzene rings is 1. The number of amides is 3. The average Bonchev–Trinajstić information content (AvgIpc) is 2.83. The first kappa shape index (κ1) is 14.4. The number of carboxylic acids is 1. The highest BCUT2D eigenvalue weighted by molar-refractivity contribution is 8.00. The predicted molar refractivity (Wildman–Crippen MR) is 73.6 cm³/mol. The second-order valence-corrected chi connectivity index (χ2v) is 5.33. The van der Waals surface area contributed by atoms with Gasteiger partial charge in [-0.3, -0.25) is 14.5 Å². The quantitative estimate of drug-likeness (QED) is 0.790. The molecule has 3 amide bonds. The van der Waals surface area contributed by atoms with Gasteiger partial charge in [0.25, 0.3) is 0 Å². The molecular weight excluding hydrogens is 280 g/mol. The van der Waals surface area contributed by atoms with Crippen molar-refractivity contribution in [2.24, 2.45) is 0 Å². The highest BCUT2D eigenvalue weighted by Gasteiger charge is 2.25. The lowest BCUT2D eigenvalue weighted by atomic mass is 10.2. The number of nitrogens with one attached hydrogen (secondary N) is 1. The van der Waals surface area contributed by atoms with Crippen LogP contribution in [0.15, 0.2) is 29.2 Å². The van der Waals surface area contributed by atoms with Crippen LogP contribution >= 0.6 is 11.8 Å². The highest BCUT2D eigenvalue weighted by Crippen LogP contribution is 2.19. The molecule has 106 valence electrons. The molecule has 1 heterocycles. The summed E-state index contributed by atoms with van der Waals surface area (Å²) in [5.41, 5.74) is 0.715. The van der Waals surface area contributed by atoms with Crippen molar-refractivity contribution in [3.8, 4) is 0 Å². The number of nitrogens with zero attached hydrogens (tertiary/aromatic N) is 1. The summed E-state index contributed by atoms with van der Waals surface area (Å²) in [6.07, 6.45) is -0.0160. The van der Waals surface area contributed by atoms with Crippen LogP contribution in [0.1, 0.15) is 5.56 Å². The summed E-state index contributed by atoms with van der Waals surface area (Å²) in [6.45, 7) is 0.912. The normalized spacial score (nSPS) is 14.2. The van der Waals surface area contributed by atoms with Gasteiger partial charge in [0.15, 0.2) is 0 Å². The summed E-state index contributed by atoms with van der Waals surface area (Å²) < 4.78 is 0. The van der Waals surface area contributed by atoms with Crippen molar-refractivity contribution in [1.29, 1.82) is 0 Å². The Labute approximate surface area is 120 Å². The number of hydrogen-bond acceptors (Lipinski definition) is 4. The molecule has 0 unspecified atom stereocenters. The molecule has 20 heavy (non-hydrogen) atoms. The number of carbonyl (C=O) groups is 3. The van der Waals surface area contributed by atoms with E-state index < -0.39 is 5.97 Å². The summed E-state index contributed by atoms with van der Waals surface area (Å²) >= 11 is 1.33. The minimum absolute atomic E-state index is 0.0160. The van der Waals surface area contributed by atoms with Crippen LogP contribution in [-0.4, -0.2) is 46.8 Å². The smallest absolute Gasteiger partial charge is 0.324 e. The van der Waals surface area contributed by atoms with Crippen molar-refractivity contribution in [3.63, 3.8) is 0 Å². The van der Waals surface area contributed by atoms with Gasteiger partial charge >= 0.3 is 12.0 Å². The molecule has 6 nitrogen and oxygen atoms in total. The number of rotatable bonds is 5. The van der Waals surface area contributed by atoms with Gasteiger partial charge in [-0.25, -0.2) is 4.79 Å². The lowest BCUT2D eigenvalue weighted by molar-refractivity contribution is -0.136. The van der Waals surface area contributed by atoms with Crippen LogP contribution in [0.4, 0.5) is 4.79 Å². The minimum Gasteiger partial charge on any atom is -0.481 e. The Bertz CT molecular complexity index is 530. The van der Waals surface area contributed by atoms with Crippen LogP contribution in [0.3, 0.4) is 0 Å². The van der Waals surface area contributed by atoms with Crippen molar-refractivity contribution in [2.45, 2.75) is 11.3 Å². The third-order valence-electron chi connectivity index (χ3n) is 2.80. The molecule has 0 aromatic heterocycles. The van der Waals surface area contributed by atoms with Crippen LogP contribution in [0.2, 0.25) is 0 Å². The maximum Gasteiger partial charge on any atom is 0.324 e. The molecule has 1 fully saturated rings. The third-order valence-corrected chi connectivity index (χ3v) is 3.80. The molecule has 0 atom stereocenters. The fraction of sp³-hybridized carbons (Fsp3) is 0.308. The van der Waals surface area contributed by atoms with Crippen molar-refractivity contribution in [2.75, 3.05) is 18.8 Å². The van der Waals surface area contributed by atoms with E-state index in [4.69, 9.17) is 5.11 Å². The van der Waals surface area contributed by atoms with Crippen LogP contribution in [0.5, 0.6) is 0 Å². The second-order valence-electron chi connectivity index (χ2n) is 4.28. The van der Waals surface area contributed by atoms with E-state index in [2.05, 4.69) is 5.32 Å². The van der Waals surface area contributed by atoms with E-state index in [1.54, 1.807) is 24.3 Å². The maximum atomic E-state index is 11.8. The summed E-state index contributed by atoms with van der Waals surface area (Å²) in [5.74, 6) is -0.911. The number of imide groups is 1. The summed E-state index contributed by atoms with van der Waals surface area (Å²) in [5, 5.41) is 11.2. The molecule has 1 saturated heterocycles. The van der Waals surface area contributed by atoms with Crippen LogP contribution in [0.25, 0.3) is 0 Å². The molecule has 0 bridgehead atoms. The summed E-state index contributed by atoms with van der Waals surface area (Å²) in [6, 6.07) is 6.67. The first-order chi connectivity index (χ1) is 9.56. The van der Waals surface area contributed by atoms with Gasteiger partial charge in [-0.1, -0.05) is 12.1 Å². The monoisotopic (exact) mass is 294 g/mol. The van der Waals surface area contributed by atoms with Gasteiger partial charge in [0.2, 0.25) is 5.91 Å². The first-order valence-corrected chi connectivity index (χ1v) is 7.06. The zero-order valence-corrected chi connectivity index (χ0v) is 11.5. The minimum atomic E-state index is -0.874. The van der Waals surface area contributed by atoms with Gasteiger partial charge in [0.1, 0.15) is 0 Å². The Morgan fingerprint density at radius 3 is 2.55 bits per heavy atom. The van der Waals surface area contributed by atoms with Crippen molar-refractivity contribution < 1.29 is 19.5 Å². The lowest BCUT2D eigenvalue weighted by Crippen LogP contribution is -2.35. The fourth-order valence-electron chi connectivity index (χ4n) is 1.81. The Hall–Kier alpha value is -2.02. The van der Waals surface area contributed by atoms with E-state index in [9.17, 15) is 14.4 Å². The molecule has 2 N–H and O–H groups in total. The standard InChI is InChI=1S/C13H14N2O4S/c16-11(15-6-5-14-13(15)19)8-20-10-3-1-9(2-4-10)7-12(17)18/h1-4H,5-8H2,(H,14,19)(H,17,18). The fourth-order valence-corrected chi connectivity index (χ4v) is 2.59. The molecule has 0 radical (unpaired) electrons. The Balaban J connectivity index is 1.86. The summed E-state index contributed by atoms with van der Waals surface area (Å²) in [4.78, 5) is 35.7. The molecule has 0 saturated carbocycles. The van der Waals surface area contributed by atoms with Gasteiger partial charge in [-0.05, 0) is 17.7 Å². The molecule has 1 aromatic rings. The Kier molecular flexibility index (Phi) is 4.62. The highest BCUT2D eigenvalue weighted by atomic mass is 32.2. The number of aliphatic carboxylic acids is 1. The third kappa shape index (κ3) is 3.74. The Morgan fingerprint density at radius 1 is 1.30 bits per heavy atom. The maximum absolute atomic E-state index is 11.8. The number of carbonyl (C=O) groups excluding carboxylic acids is 2. The van der Waals surface area contributed by atoms with Gasteiger partial charge in [0.05, 0.1) is 12.2 Å². The summed E-state index contributed by atoms with van der Waals surface area (Å²) in [7, 11) is 0. The largest absolute Gasteiger partial charge is 0.481 e. The first-order valence-electron chi connectivity index (χ1n) is 6.08. The van der Waals surface area contributed by atoms with E-state index in [1.165, 1.54) is 16.7 Å². The van der Waals surface area contributed by atoms with Crippen molar-refractivity contribution in [1.82, 2.24) is 10.2 Å².